The predicted octanol–water partition coefficient (Wildman–Crippen LogP) is 1.61. The first kappa shape index (κ1) is 11.8. The molecule has 0 radical (unpaired) electrons. The Kier molecular flexibility index (Phi) is 3.42. The van der Waals surface area contributed by atoms with Crippen LogP contribution in [0.15, 0.2) is 0 Å². The van der Waals surface area contributed by atoms with Gasteiger partial charge in [-0.15, -0.1) is 0 Å². The van der Waals surface area contributed by atoms with Gasteiger partial charge < -0.3 is 5.73 Å². The van der Waals surface area contributed by atoms with Gasteiger partial charge in [0.25, 0.3) is 0 Å². The lowest BCUT2D eigenvalue weighted by molar-refractivity contribution is -0.147. The lowest BCUT2D eigenvalue weighted by atomic mass is 9.68. The largest absolute Gasteiger partial charge is 0.401 e. The van der Waals surface area contributed by atoms with Gasteiger partial charge in [0.2, 0.25) is 0 Å². The molecule has 0 amide bonds. The molecule has 0 aliphatic heterocycles. The molecule has 2 N–H and O–H groups in total. The van der Waals surface area contributed by atoms with Crippen LogP contribution in [0.1, 0.15) is 19.3 Å². The minimum atomic E-state index is -4.10. The summed E-state index contributed by atoms with van der Waals surface area (Å²) in [4.78, 5) is 1.33. The Labute approximate surface area is 82.2 Å². The summed E-state index contributed by atoms with van der Waals surface area (Å²) in [5, 5.41) is 0. The summed E-state index contributed by atoms with van der Waals surface area (Å²) in [5.74, 6) is 0. The molecule has 0 unspecified atom stereocenters. The first-order chi connectivity index (χ1) is 6.37. The highest BCUT2D eigenvalue weighted by Crippen LogP contribution is 2.40. The molecule has 0 atom stereocenters. The summed E-state index contributed by atoms with van der Waals surface area (Å²) >= 11 is 0. The molecule has 0 heterocycles. The second-order valence-corrected chi connectivity index (χ2v) is 4.35. The number of rotatable bonds is 4. The Bertz CT molecular complexity index is 181. The van der Waals surface area contributed by atoms with Gasteiger partial charge in [-0.3, -0.25) is 4.90 Å². The maximum atomic E-state index is 12.0. The van der Waals surface area contributed by atoms with Crippen LogP contribution in [0.4, 0.5) is 13.2 Å². The highest BCUT2D eigenvalue weighted by atomic mass is 19.4. The van der Waals surface area contributed by atoms with Crippen LogP contribution in [0.2, 0.25) is 0 Å². The molecular formula is C9H17F3N2. The average Bonchev–Trinajstić information content (AvgIpc) is 1.93. The third-order valence-electron chi connectivity index (χ3n) is 2.90. The number of halogens is 3. The van der Waals surface area contributed by atoms with Crippen LogP contribution in [0.25, 0.3) is 0 Å². The van der Waals surface area contributed by atoms with E-state index in [4.69, 9.17) is 5.73 Å². The molecule has 0 aromatic heterocycles. The fourth-order valence-corrected chi connectivity index (χ4v) is 2.04. The topological polar surface area (TPSA) is 29.3 Å². The van der Waals surface area contributed by atoms with E-state index in [9.17, 15) is 13.2 Å². The van der Waals surface area contributed by atoms with Gasteiger partial charge in [-0.25, -0.2) is 0 Å². The van der Waals surface area contributed by atoms with E-state index >= 15 is 0 Å². The summed E-state index contributed by atoms with van der Waals surface area (Å²) in [6, 6.07) is 0. The van der Waals surface area contributed by atoms with Crippen LogP contribution >= 0.6 is 0 Å². The normalized spacial score (nSPS) is 21.0. The Morgan fingerprint density at radius 2 is 1.93 bits per heavy atom. The lowest BCUT2D eigenvalue weighted by Crippen LogP contribution is -2.47. The van der Waals surface area contributed by atoms with E-state index in [1.54, 1.807) is 0 Å². The minimum Gasteiger partial charge on any atom is -0.330 e. The van der Waals surface area contributed by atoms with Crippen molar-refractivity contribution in [1.82, 2.24) is 4.90 Å². The highest BCUT2D eigenvalue weighted by Gasteiger charge is 2.38. The third kappa shape index (κ3) is 3.13. The van der Waals surface area contributed by atoms with E-state index in [1.807, 2.05) is 0 Å². The molecule has 14 heavy (non-hydrogen) atoms. The van der Waals surface area contributed by atoms with Crippen molar-refractivity contribution in [1.29, 1.82) is 0 Å². The van der Waals surface area contributed by atoms with Gasteiger partial charge in [0.05, 0.1) is 6.54 Å². The van der Waals surface area contributed by atoms with E-state index < -0.39 is 12.7 Å². The lowest BCUT2D eigenvalue weighted by Gasteiger charge is -2.43. The van der Waals surface area contributed by atoms with E-state index in [0.717, 1.165) is 19.3 Å². The minimum absolute atomic E-state index is 0.0417. The molecule has 0 aromatic rings. The SMILES string of the molecule is CN(CC(F)(F)F)CC1(CN)CCC1. The van der Waals surface area contributed by atoms with Crippen molar-refractivity contribution in [2.45, 2.75) is 25.4 Å². The fraction of sp³-hybridized carbons (Fsp3) is 1.00. The molecule has 1 aliphatic rings. The number of nitrogens with zero attached hydrogens (tertiary/aromatic N) is 1. The van der Waals surface area contributed by atoms with Gasteiger partial charge >= 0.3 is 6.18 Å². The highest BCUT2D eigenvalue weighted by molar-refractivity contribution is 4.90. The van der Waals surface area contributed by atoms with Gasteiger partial charge in [-0.1, -0.05) is 6.42 Å². The standard InChI is InChI=1S/C9H17F3N2/c1-14(7-9(10,11)12)6-8(5-13)3-2-4-8/h2-7,13H2,1H3. The van der Waals surface area contributed by atoms with Crippen molar-refractivity contribution >= 4 is 0 Å². The van der Waals surface area contributed by atoms with Crippen LogP contribution in [-0.4, -0.2) is 37.8 Å². The van der Waals surface area contributed by atoms with Gasteiger partial charge in [0.15, 0.2) is 0 Å². The monoisotopic (exact) mass is 210 g/mol. The van der Waals surface area contributed by atoms with Crippen molar-refractivity contribution in [2.24, 2.45) is 11.1 Å². The number of hydrogen-bond donors (Lipinski definition) is 1. The van der Waals surface area contributed by atoms with Crippen molar-refractivity contribution in [2.75, 3.05) is 26.7 Å². The van der Waals surface area contributed by atoms with Crippen LogP contribution in [-0.2, 0) is 0 Å². The number of alkyl halides is 3. The number of hydrogen-bond acceptors (Lipinski definition) is 2. The first-order valence-electron chi connectivity index (χ1n) is 4.82. The quantitative estimate of drug-likeness (QED) is 0.763. The van der Waals surface area contributed by atoms with Gasteiger partial charge in [-0.2, -0.15) is 13.2 Å². The Hall–Kier alpha value is -0.290. The predicted molar refractivity (Wildman–Crippen MR) is 48.9 cm³/mol. The molecule has 5 heteroatoms. The first-order valence-corrected chi connectivity index (χ1v) is 4.82. The maximum Gasteiger partial charge on any atom is 0.401 e. The van der Waals surface area contributed by atoms with Gasteiger partial charge in [0, 0.05) is 6.54 Å². The van der Waals surface area contributed by atoms with E-state index in [1.165, 1.54) is 11.9 Å². The molecule has 2 nitrogen and oxygen atoms in total. The van der Waals surface area contributed by atoms with E-state index in [-0.39, 0.29) is 5.41 Å². The molecule has 0 spiro atoms. The zero-order valence-corrected chi connectivity index (χ0v) is 8.40. The smallest absolute Gasteiger partial charge is 0.330 e. The summed E-state index contributed by atoms with van der Waals surface area (Å²) in [6.45, 7) is 0.118. The zero-order chi connectivity index (χ0) is 10.8. The fourth-order valence-electron chi connectivity index (χ4n) is 2.04. The van der Waals surface area contributed by atoms with E-state index in [2.05, 4.69) is 0 Å². The Balaban J connectivity index is 2.36. The van der Waals surface area contributed by atoms with Crippen LogP contribution in [0.5, 0.6) is 0 Å². The Morgan fingerprint density at radius 1 is 1.36 bits per heavy atom. The average molecular weight is 210 g/mol. The summed E-state index contributed by atoms with van der Waals surface area (Å²) in [7, 11) is 1.50. The zero-order valence-electron chi connectivity index (χ0n) is 8.40. The van der Waals surface area contributed by atoms with Crippen molar-refractivity contribution in [3.63, 3.8) is 0 Å². The molecule has 1 rings (SSSR count). The van der Waals surface area contributed by atoms with Crippen molar-refractivity contribution < 1.29 is 13.2 Å². The third-order valence-corrected chi connectivity index (χ3v) is 2.90. The molecule has 84 valence electrons. The second-order valence-electron chi connectivity index (χ2n) is 4.35. The molecular weight excluding hydrogens is 193 g/mol. The molecule has 0 bridgehead atoms. The number of nitrogens with two attached hydrogens (primary N) is 1. The van der Waals surface area contributed by atoms with E-state index in [0.29, 0.717) is 13.1 Å². The molecule has 1 fully saturated rings. The maximum absolute atomic E-state index is 12.0. The van der Waals surface area contributed by atoms with Crippen LogP contribution < -0.4 is 5.73 Å². The van der Waals surface area contributed by atoms with Crippen LogP contribution in [0, 0.1) is 5.41 Å². The molecule has 1 aliphatic carbocycles. The van der Waals surface area contributed by atoms with Crippen LogP contribution in [0.3, 0.4) is 0 Å². The van der Waals surface area contributed by atoms with Crippen molar-refractivity contribution in [3.8, 4) is 0 Å². The molecule has 0 aromatic carbocycles. The summed E-state index contributed by atoms with van der Waals surface area (Å²) < 4.78 is 36.1. The summed E-state index contributed by atoms with van der Waals surface area (Å²) in [6.07, 6.45) is -1.08. The molecule has 1 saturated carbocycles. The van der Waals surface area contributed by atoms with Gasteiger partial charge in [-0.05, 0) is 31.8 Å². The molecule has 0 saturated heterocycles. The second kappa shape index (κ2) is 4.06. The summed E-state index contributed by atoms with van der Waals surface area (Å²) in [5.41, 5.74) is 5.53. The van der Waals surface area contributed by atoms with Gasteiger partial charge in [0.1, 0.15) is 0 Å². The Morgan fingerprint density at radius 3 is 2.21 bits per heavy atom. The van der Waals surface area contributed by atoms with Crippen molar-refractivity contribution in [3.05, 3.63) is 0 Å².